The van der Waals surface area contributed by atoms with Gasteiger partial charge in [-0.2, -0.15) is 0 Å². The molecule has 1 aromatic carbocycles. The van der Waals surface area contributed by atoms with Crippen LogP contribution in [-0.2, 0) is 9.53 Å². The molecule has 1 aromatic rings. The van der Waals surface area contributed by atoms with Crippen LogP contribution in [0.4, 0.5) is 0 Å². The van der Waals surface area contributed by atoms with E-state index in [1.807, 2.05) is 0 Å². The van der Waals surface area contributed by atoms with Gasteiger partial charge in [-0.25, -0.2) is 0 Å². The van der Waals surface area contributed by atoms with Crippen LogP contribution in [0.3, 0.4) is 0 Å². The first-order valence-electron chi connectivity index (χ1n) is 4.56. The number of carbonyl (C=O) groups excluding carboxylic acids is 1. The molecule has 0 amide bonds. The van der Waals surface area contributed by atoms with Crippen LogP contribution in [0, 0.1) is 0 Å². The second-order valence-electron chi connectivity index (χ2n) is 3.23. The van der Waals surface area contributed by atoms with Gasteiger partial charge in [0, 0.05) is 16.7 Å². The molecule has 0 radical (unpaired) electrons. The van der Waals surface area contributed by atoms with Crippen molar-refractivity contribution in [1.29, 1.82) is 0 Å². The van der Waals surface area contributed by atoms with E-state index in [0.29, 0.717) is 22.1 Å². The molecule has 2 rings (SSSR count). The lowest BCUT2D eigenvalue weighted by atomic mass is 10.1. The number of nitrogens with two attached hydrogens (primary N) is 1. The van der Waals surface area contributed by atoms with Gasteiger partial charge >= 0.3 is 5.97 Å². The normalized spacial score (nSPS) is 13.8. The Balaban J connectivity index is 0.00000144. The summed E-state index contributed by atoms with van der Waals surface area (Å²) in [5.74, 6) is 0.519. The molecule has 5 nitrogen and oxygen atoms in total. The number of fused-ring (bicyclic) bond motifs is 1. The molecule has 0 bridgehead atoms. The summed E-state index contributed by atoms with van der Waals surface area (Å²) in [5, 5.41) is 0.349. The maximum Gasteiger partial charge on any atom is 0.327 e. The van der Waals surface area contributed by atoms with Crippen LogP contribution in [0.2, 0.25) is 5.02 Å². The van der Waals surface area contributed by atoms with Crippen LogP contribution in [0.25, 0.3) is 0 Å². The van der Waals surface area contributed by atoms with Crippen molar-refractivity contribution in [1.82, 2.24) is 0 Å². The van der Waals surface area contributed by atoms with Gasteiger partial charge in [0.1, 0.15) is 6.04 Å². The van der Waals surface area contributed by atoms with E-state index in [1.165, 1.54) is 7.11 Å². The number of halogens is 2. The summed E-state index contributed by atoms with van der Waals surface area (Å²) in [6.45, 7) is 0.141. The molecule has 94 valence electrons. The Hall–Kier alpha value is -1.17. The minimum atomic E-state index is -0.924. The zero-order valence-corrected chi connectivity index (χ0v) is 10.5. The highest BCUT2D eigenvalue weighted by Gasteiger charge is 2.24. The molecule has 0 unspecified atom stereocenters. The van der Waals surface area contributed by atoms with Gasteiger partial charge in [0.2, 0.25) is 6.79 Å². The molecule has 0 saturated carbocycles. The average Bonchev–Trinajstić information content (AvgIpc) is 2.72. The predicted octanol–water partition coefficient (Wildman–Crippen LogP) is 1.66. The number of benzene rings is 1. The Morgan fingerprint density at radius 3 is 2.65 bits per heavy atom. The Bertz CT molecular complexity index is 439. The molecular weight excluding hydrogens is 269 g/mol. The van der Waals surface area contributed by atoms with Gasteiger partial charge in [-0.15, -0.1) is 12.4 Å². The molecule has 2 N–H and O–H groups in total. The van der Waals surface area contributed by atoms with Gasteiger partial charge in [0.15, 0.2) is 11.5 Å². The molecule has 7 heteroatoms. The highest BCUT2D eigenvalue weighted by Crippen LogP contribution is 2.38. The number of hydrogen-bond acceptors (Lipinski definition) is 5. The van der Waals surface area contributed by atoms with Crippen molar-refractivity contribution in [3.63, 3.8) is 0 Å². The van der Waals surface area contributed by atoms with Crippen LogP contribution >= 0.6 is 24.0 Å². The molecule has 0 fully saturated rings. The van der Waals surface area contributed by atoms with E-state index in [2.05, 4.69) is 4.74 Å². The van der Waals surface area contributed by atoms with E-state index in [9.17, 15) is 4.79 Å². The van der Waals surface area contributed by atoms with Gasteiger partial charge in [-0.1, -0.05) is 11.6 Å². The number of carbonyl (C=O) groups is 1. The van der Waals surface area contributed by atoms with Crippen LogP contribution in [-0.4, -0.2) is 19.9 Å². The number of hydrogen-bond donors (Lipinski definition) is 1. The first-order chi connectivity index (χ1) is 7.63. The maximum atomic E-state index is 11.3. The molecule has 0 aromatic heterocycles. The molecule has 0 aliphatic carbocycles. The van der Waals surface area contributed by atoms with Crippen LogP contribution in [0.1, 0.15) is 11.6 Å². The van der Waals surface area contributed by atoms with Crippen molar-refractivity contribution >= 4 is 30.0 Å². The largest absolute Gasteiger partial charge is 0.468 e. The van der Waals surface area contributed by atoms with Crippen molar-refractivity contribution < 1.29 is 19.0 Å². The van der Waals surface area contributed by atoms with Gasteiger partial charge in [-0.05, 0) is 6.07 Å². The fourth-order valence-electron chi connectivity index (χ4n) is 1.43. The molecule has 1 aliphatic rings. The molecule has 1 heterocycles. The zero-order valence-electron chi connectivity index (χ0n) is 8.94. The summed E-state index contributed by atoms with van der Waals surface area (Å²) in [5.41, 5.74) is 6.14. The standard InChI is InChI=1S/C10H10ClNO4.ClH/c1-14-10(13)9(12)5-2-7-8(3-6(5)11)16-4-15-7;/h2-3,9H,4,12H2,1H3;1H/t9-;/m1./s1. The van der Waals surface area contributed by atoms with E-state index in [4.69, 9.17) is 26.8 Å². The first-order valence-corrected chi connectivity index (χ1v) is 4.93. The quantitative estimate of drug-likeness (QED) is 0.834. The SMILES string of the molecule is COC(=O)[C@H](N)c1cc2c(cc1Cl)OCO2.Cl. The lowest BCUT2D eigenvalue weighted by Gasteiger charge is -2.11. The molecule has 1 aliphatic heterocycles. The van der Waals surface area contributed by atoms with Crippen molar-refractivity contribution in [2.45, 2.75) is 6.04 Å². The van der Waals surface area contributed by atoms with Crippen molar-refractivity contribution in [3.8, 4) is 11.5 Å². The first kappa shape index (κ1) is 13.9. The van der Waals surface area contributed by atoms with Crippen molar-refractivity contribution in [2.75, 3.05) is 13.9 Å². The number of rotatable bonds is 2. The average molecular weight is 280 g/mol. The minimum absolute atomic E-state index is 0. The number of methoxy groups -OCH3 is 1. The summed E-state index contributed by atoms with van der Waals surface area (Å²) in [6.07, 6.45) is 0. The smallest absolute Gasteiger partial charge is 0.327 e. The lowest BCUT2D eigenvalue weighted by Crippen LogP contribution is -2.22. The van der Waals surface area contributed by atoms with E-state index in [-0.39, 0.29) is 19.2 Å². The lowest BCUT2D eigenvalue weighted by molar-refractivity contribution is -0.142. The molecule has 1 atom stereocenters. The highest BCUT2D eigenvalue weighted by atomic mass is 35.5. The summed E-state index contributed by atoms with van der Waals surface area (Å²) >= 11 is 5.98. The Labute approximate surface area is 109 Å². The van der Waals surface area contributed by atoms with Gasteiger partial charge in [0.05, 0.1) is 7.11 Å². The molecule has 17 heavy (non-hydrogen) atoms. The summed E-state index contributed by atoms with van der Waals surface area (Å²) in [7, 11) is 1.27. The van der Waals surface area contributed by atoms with Crippen LogP contribution in [0.15, 0.2) is 12.1 Å². The van der Waals surface area contributed by atoms with E-state index < -0.39 is 12.0 Å². The Kier molecular flexibility index (Phi) is 4.45. The fraction of sp³-hybridized carbons (Fsp3) is 0.300. The maximum absolute atomic E-state index is 11.3. The second-order valence-corrected chi connectivity index (χ2v) is 3.64. The van der Waals surface area contributed by atoms with Crippen LogP contribution < -0.4 is 15.2 Å². The molecule has 0 spiro atoms. The van der Waals surface area contributed by atoms with E-state index in [0.717, 1.165) is 0 Å². The topological polar surface area (TPSA) is 70.8 Å². The predicted molar refractivity (Wildman–Crippen MR) is 63.8 cm³/mol. The van der Waals surface area contributed by atoms with Crippen LogP contribution in [0.5, 0.6) is 11.5 Å². The summed E-state index contributed by atoms with van der Waals surface area (Å²) < 4.78 is 14.9. The van der Waals surface area contributed by atoms with Crippen molar-refractivity contribution in [2.24, 2.45) is 5.73 Å². The third-order valence-electron chi connectivity index (χ3n) is 2.28. The van der Waals surface area contributed by atoms with E-state index >= 15 is 0 Å². The zero-order chi connectivity index (χ0) is 11.7. The van der Waals surface area contributed by atoms with Gasteiger partial charge in [-0.3, -0.25) is 4.79 Å². The Morgan fingerprint density at radius 1 is 1.47 bits per heavy atom. The summed E-state index contributed by atoms with van der Waals surface area (Å²) in [6, 6.07) is 2.24. The molecular formula is C10H11Cl2NO4. The highest BCUT2D eigenvalue weighted by molar-refractivity contribution is 6.31. The monoisotopic (exact) mass is 279 g/mol. The van der Waals surface area contributed by atoms with Gasteiger partial charge in [0.25, 0.3) is 0 Å². The minimum Gasteiger partial charge on any atom is -0.468 e. The Morgan fingerprint density at radius 2 is 2.06 bits per heavy atom. The molecule has 0 saturated heterocycles. The number of ether oxygens (including phenoxy) is 3. The third kappa shape index (κ3) is 2.57. The second kappa shape index (κ2) is 5.44. The summed E-state index contributed by atoms with van der Waals surface area (Å²) in [4.78, 5) is 11.3. The van der Waals surface area contributed by atoms with E-state index in [1.54, 1.807) is 12.1 Å². The van der Waals surface area contributed by atoms with Crippen molar-refractivity contribution in [3.05, 3.63) is 22.7 Å². The number of esters is 1. The third-order valence-corrected chi connectivity index (χ3v) is 2.61. The van der Waals surface area contributed by atoms with Gasteiger partial charge < -0.3 is 19.9 Å². The fourth-order valence-corrected chi connectivity index (χ4v) is 1.70.